The monoisotopic (exact) mass is 250 g/mol. The summed E-state index contributed by atoms with van der Waals surface area (Å²) in [5, 5.41) is 0. The minimum atomic E-state index is -0.186. The van der Waals surface area contributed by atoms with Gasteiger partial charge in [-0.1, -0.05) is 18.6 Å². The number of hydrogen-bond donors (Lipinski definition) is 1. The Kier molecular flexibility index (Phi) is 4.36. The van der Waals surface area contributed by atoms with Crippen LogP contribution in [-0.4, -0.2) is 23.5 Å². The maximum absolute atomic E-state index is 13.0. The summed E-state index contributed by atoms with van der Waals surface area (Å²) in [5.74, 6) is -0.186. The molecule has 1 fully saturated rings. The highest BCUT2D eigenvalue weighted by Gasteiger charge is 2.31. The van der Waals surface area contributed by atoms with Crippen LogP contribution in [0.3, 0.4) is 0 Å². The van der Waals surface area contributed by atoms with E-state index in [1.165, 1.54) is 31.4 Å². The highest BCUT2D eigenvalue weighted by atomic mass is 19.1. The molecule has 1 aliphatic heterocycles. The van der Waals surface area contributed by atoms with E-state index < -0.39 is 0 Å². The molecule has 1 aromatic carbocycles. The fourth-order valence-electron chi connectivity index (χ4n) is 3.17. The highest BCUT2D eigenvalue weighted by molar-refractivity contribution is 5.21. The fourth-order valence-corrected chi connectivity index (χ4v) is 3.17. The fraction of sp³-hybridized carbons (Fsp3) is 0.600. The van der Waals surface area contributed by atoms with Gasteiger partial charge in [-0.2, -0.15) is 0 Å². The Morgan fingerprint density at radius 3 is 2.28 bits per heavy atom. The highest BCUT2D eigenvalue weighted by Crippen LogP contribution is 2.31. The van der Waals surface area contributed by atoms with Gasteiger partial charge in [0.1, 0.15) is 5.82 Å². The van der Waals surface area contributed by atoms with E-state index in [1.54, 1.807) is 0 Å². The molecule has 1 saturated heterocycles. The first-order valence-corrected chi connectivity index (χ1v) is 6.86. The summed E-state index contributed by atoms with van der Waals surface area (Å²) in [7, 11) is 0. The molecule has 1 aromatic rings. The van der Waals surface area contributed by atoms with Crippen LogP contribution in [0.25, 0.3) is 0 Å². The molecule has 0 aromatic heterocycles. The number of hydrogen-bond acceptors (Lipinski definition) is 2. The summed E-state index contributed by atoms with van der Waals surface area (Å²) in [5.41, 5.74) is 7.09. The molecule has 1 unspecified atom stereocenters. The summed E-state index contributed by atoms with van der Waals surface area (Å²) in [4.78, 5) is 2.50. The van der Waals surface area contributed by atoms with Crippen molar-refractivity contribution in [2.45, 2.75) is 51.2 Å². The average molecular weight is 250 g/mol. The predicted molar refractivity (Wildman–Crippen MR) is 72.8 cm³/mol. The van der Waals surface area contributed by atoms with E-state index in [9.17, 15) is 4.39 Å². The summed E-state index contributed by atoms with van der Waals surface area (Å²) in [6.07, 6.45) is 3.74. The molecule has 1 heterocycles. The molecule has 2 nitrogen and oxygen atoms in total. The molecule has 3 heteroatoms. The van der Waals surface area contributed by atoms with Crippen molar-refractivity contribution in [3.63, 3.8) is 0 Å². The van der Waals surface area contributed by atoms with Crippen molar-refractivity contribution in [1.82, 2.24) is 4.90 Å². The topological polar surface area (TPSA) is 29.3 Å². The van der Waals surface area contributed by atoms with Crippen LogP contribution < -0.4 is 5.73 Å². The van der Waals surface area contributed by atoms with Crippen LogP contribution in [0, 0.1) is 5.82 Å². The average Bonchev–Trinajstić information content (AvgIpc) is 2.35. The molecule has 100 valence electrons. The van der Waals surface area contributed by atoms with E-state index in [1.807, 2.05) is 12.1 Å². The predicted octanol–water partition coefficient (Wildman–Crippen LogP) is 3.09. The molecule has 0 spiro atoms. The maximum Gasteiger partial charge on any atom is 0.123 e. The van der Waals surface area contributed by atoms with Gasteiger partial charge in [0, 0.05) is 24.7 Å². The summed E-state index contributed by atoms with van der Waals surface area (Å²) in [6, 6.07) is 8.08. The van der Waals surface area contributed by atoms with Gasteiger partial charge in [0.05, 0.1) is 0 Å². The number of rotatable bonds is 3. The van der Waals surface area contributed by atoms with E-state index in [2.05, 4.69) is 18.7 Å². The molecule has 0 amide bonds. The van der Waals surface area contributed by atoms with E-state index in [0.717, 1.165) is 5.56 Å². The zero-order valence-electron chi connectivity index (χ0n) is 11.3. The second kappa shape index (κ2) is 5.81. The maximum atomic E-state index is 13.0. The Bertz CT molecular complexity index is 367. The van der Waals surface area contributed by atoms with Crippen molar-refractivity contribution in [3.8, 4) is 0 Å². The molecule has 2 N–H and O–H groups in total. The number of nitrogens with zero attached hydrogens (tertiary/aromatic N) is 1. The summed E-state index contributed by atoms with van der Waals surface area (Å²) >= 11 is 0. The number of benzene rings is 1. The van der Waals surface area contributed by atoms with E-state index >= 15 is 0 Å². The first-order valence-electron chi connectivity index (χ1n) is 6.86. The largest absolute Gasteiger partial charge is 0.329 e. The smallest absolute Gasteiger partial charge is 0.123 e. The van der Waals surface area contributed by atoms with Crippen LogP contribution in [-0.2, 0) is 0 Å². The van der Waals surface area contributed by atoms with Crippen molar-refractivity contribution in [2.24, 2.45) is 5.73 Å². The molecular weight excluding hydrogens is 227 g/mol. The van der Waals surface area contributed by atoms with Crippen molar-refractivity contribution in [2.75, 3.05) is 6.54 Å². The lowest BCUT2D eigenvalue weighted by Crippen LogP contribution is -2.48. The van der Waals surface area contributed by atoms with Gasteiger partial charge < -0.3 is 5.73 Å². The third-order valence-electron chi connectivity index (χ3n) is 4.10. The van der Waals surface area contributed by atoms with Crippen molar-refractivity contribution < 1.29 is 4.39 Å². The van der Waals surface area contributed by atoms with Crippen LogP contribution in [0.15, 0.2) is 24.3 Å². The standard InChI is InChI=1S/C15H23FN2/c1-11-4-3-5-12(2)18(11)15(10-17)13-6-8-14(16)9-7-13/h6-9,11-12,15H,3-5,10,17H2,1-2H3/t11-,12+,15?. The molecule has 0 bridgehead atoms. The van der Waals surface area contributed by atoms with Gasteiger partial charge in [-0.3, -0.25) is 4.90 Å². The SMILES string of the molecule is C[C@@H]1CCC[C@H](C)N1C(CN)c1ccc(F)cc1. The lowest BCUT2D eigenvalue weighted by molar-refractivity contribution is 0.0577. The zero-order chi connectivity index (χ0) is 13.1. The number of halogens is 1. The lowest BCUT2D eigenvalue weighted by atomic mass is 9.92. The summed E-state index contributed by atoms with van der Waals surface area (Å²) in [6.45, 7) is 5.12. The van der Waals surface area contributed by atoms with E-state index in [-0.39, 0.29) is 11.9 Å². The van der Waals surface area contributed by atoms with Crippen molar-refractivity contribution in [1.29, 1.82) is 0 Å². The third kappa shape index (κ3) is 2.73. The van der Waals surface area contributed by atoms with E-state index in [0.29, 0.717) is 18.6 Å². The van der Waals surface area contributed by atoms with Gasteiger partial charge in [0.15, 0.2) is 0 Å². The normalized spacial score (nSPS) is 27.1. The molecule has 3 atom stereocenters. The molecule has 0 radical (unpaired) electrons. The molecule has 0 saturated carbocycles. The van der Waals surface area contributed by atoms with Crippen LogP contribution in [0.5, 0.6) is 0 Å². The van der Waals surface area contributed by atoms with Gasteiger partial charge in [-0.15, -0.1) is 0 Å². The molecule has 0 aliphatic carbocycles. The second-order valence-electron chi connectivity index (χ2n) is 5.38. The number of likely N-dealkylation sites (tertiary alicyclic amines) is 1. The van der Waals surface area contributed by atoms with Gasteiger partial charge >= 0.3 is 0 Å². The Balaban J connectivity index is 2.23. The zero-order valence-corrected chi connectivity index (χ0v) is 11.3. The van der Waals surface area contributed by atoms with Gasteiger partial charge in [0.25, 0.3) is 0 Å². The summed E-state index contributed by atoms with van der Waals surface area (Å²) < 4.78 is 13.0. The number of piperidine rings is 1. The number of nitrogens with two attached hydrogens (primary N) is 1. The van der Waals surface area contributed by atoms with Crippen LogP contribution >= 0.6 is 0 Å². The Labute approximate surface area is 109 Å². The minimum Gasteiger partial charge on any atom is -0.329 e. The molecule has 18 heavy (non-hydrogen) atoms. The van der Waals surface area contributed by atoms with Crippen LogP contribution in [0.1, 0.15) is 44.7 Å². The Hall–Kier alpha value is -0.930. The Morgan fingerprint density at radius 2 is 1.78 bits per heavy atom. The molecule has 2 rings (SSSR count). The van der Waals surface area contributed by atoms with Gasteiger partial charge in [0.2, 0.25) is 0 Å². The Morgan fingerprint density at radius 1 is 1.22 bits per heavy atom. The van der Waals surface area contributed by atoms with E-state index in [4.69, 9.17) is 5.73 Å². The molecular formula is C15H23FN2. The van der Waals surface area contributed by atoms with Gasteiger partial charge in [-0.25, -0.2) is 4.39 Å². The molecule has 1 aliphatic rings. The van der Waals surface area contributed by atoms with Crippen LogP contribution in [0.2, 0.25) is 0 Å². The third-order valence-corrected chi connectivity index (χ3v) is 4.10. The quantitative estimate of drug-likeness (QED) is 0.893. The first-order chi connectivity index (χ1) is 8.63. The van der Waals surface area contributed by atoms with Crippen LogP contribution in [0.4, 0.5) is 4.39 Å². The van der Waals surface area contributed by atoms with Crippen molar-refractivity contribution in [3.05, 3.63) is 35.6 Å². The lowest BCUT2D eigenvalue weighted by Gasteiger charge is -2.44. The first kappa shape index (κ1) is 13.5. The van der Waals surface area contributed by atoms with Gasteiger partial charge in [-0.05, 0) is 44.4 Å². The minimum absolute atomic E-state index is 0.186. The second-order valence-corrected chi connectivity index (χ2v) is 5.38. The van der Waals surface area contributed by atoms with Crippen molar-refractivity contribution >= 4 is 0 Å².